The van der Waals surface area contributed by atoms with Crippen molar-refractivity contribution in [1.29, 1.82) is 0 Å². The Bertz CT molecular complexity index is 701. The fraction of sp³-hybridized carbons (Fsp3) is 0.133. The predicted octanol–water partition coefficient (Wildman–Crippen LogP) is 3.80. The molecule has 0 aliphatic carbocycles. The van der Waals surface area contributed by atoms with Gasteiger partial charge in [-0.05, 0) is 42.3 Å². The minimum atomic E-state index is 0.797. The van der Waals surface area contributed by atoms with Gasteiger partial charge >= 0.3 is 0 Å². The minimum absolute atomic E-state index is 0.797. The van der Waals surface area contributed by atoms with Crippen LogP contribution in [0.2, 0.25) is 0 Å². The van der Waals surface area contributed by atoms with Gasteiger partial charge in [-0.3, -0.25) is 0 Å². The van der Waals surface area contributed by atoms with Crippen LogP contribution in [0, 0.1) is 6.92 Å². The molecule has 19 heavy (non-hydrogen) atoms. The largest absolute Gasteiger partial charge is 0.399 e. The molecule has 0 unspecified atom stereocenters. The van der Waals surface area contributed by atoms with E-state index in [4.69, 9.17) is 5.73 Å². The van der Waals surface area contributed by atoms with Crippen molar-refractivity contribution in [2.24, 2.45) is 0 Å². The summed E-state index contributed by atoms with van der Waals surface area (Å²) in [7, 11) is 0. The summed E-state index contributed by atoms with van der Waals surface area (Å²) < 4.78 is 1.25. The van der Waals surface area contributed by atoms with Crippen molar-refractivity contribution in [2.45, 2.75) is 13.5 Å². The Morgan fingerprint density at radius 3 is 2.74 bits per heavy atom. The predicted molar refractivity (Wildman–Crippen MR) is 82.5 cm³/mol. The van der Waals surface area contributed by atoms with E-state index in [1.807, 2.05) is 29.8 Å². The first-order valence-electron chi connectivity index (χ1n) is 6.15. The number of anilines is 2. The lowest BCUT2D eigenvalue weighted by Crippen LogP contribution is -2.01. The normalized spacial score (nSPS) is 10.8. The van der Waals surface area contributed by atoms with Crippen molar-refractivity contribution in [1.82, 2.24) is 4.98 Å². The van der Waals surface area contributed by atoms with Gasteiger partial charge in [-0.25, -0.2) is 4.98 Å². The smallest absolute Gasteiger partial charge is 0.0816 e. The molecule has 96 valence electrons. The van der Waals surface area contributed by atoms with Gasteiger partial charge in [0, 0.05) is 17.9 Å². The van der Waals surface area contributed by atoms with E-state index in [0.717, 1.165) is 23.4 Å². The first-order chi connectivity index (χ1) is 9.24. The molecule has 0 spiro atoms. The van der Waals surface area contributed by atoms with Crippen LogP contribution < -0.4 is 11.1 Å². The Labute approximate surface area is 116 Å². The summed E-state index contributed by atoms with van der Waals surface area (Å²) in [6.07, 6.45) is 0. The van der Waals surface area contributed by atoms with Crippen LogP contribution in [0.5, 0.6) is 0 Å². The van der Waals surface area contributed by atoms with Crippen LogP contribution in [-0.4, -0.2) is 4.98 Å². The molecule has 2 aromatic carbocycles. The van der Waals surface area contributed by atoms with Crippen molar-refractivity contribution >= 4 is 32.9 Å². The number of nitrogens with one attached hydrogen (secondary N) is 1. The summed E-state index contributed by atoms with van der Waals surface area (Å²) >= 11 is 1.68. The van der Waals surface area contributed by atoms with Gasteiger partial charge in [0.1, 0.15) is 0 Å². The number of fused-ring (bicyclic) bond motifs is 1. The maximum absolute atomic E-state index is 5.68. The summed E-state index contributed by atoms with van der Waals surface area (Å²) in [5, 5.41) is 3.47. The molecule has 4 heteroatoms. The number of nitrogens with two attached hydrogens (primary N) is 1. The van der Waals surface area contributed by atoms with Gasteiger partial charge in [-0.1, -0.05) is 12.1 Å². The lowest BCUT2D eigenvalue weighted by Gasteiger charge is -2.10. The molecule has 1 aromatic heterocycles. The van der Waals surface area contributed by atoms with Crippen molar-refractivity contribution in [3.63, 3.8) is 0 Å². The molecule has 3 nitrogen and oxygen atoms in total. The zero-order valence-corrected chi connectivity index (χ0v) is 11.5. The summed E-state index contributed by atoms with van der Waals surface area (Å²) in [5.74, 6) is 0. The molecule has 0 atom stereocenters. The molecule has 0 saturated carbocycles. The third-order valence-electron chi connectivity index (χ3n) is 3.21. The molecular formula is C15H15N3S. The summed E-state index contributed by atoms with van der Waals surface area (Å²) in [6, 6.07) is 12.1. The van der Waals surface area contributed by atoms with E-state index in [-0.39, 0.29) is 0 Å². The first-order valence-corrected chi connectivity index (χ1v) is 7.03. The maximum atomic E-state index is 5.68. The monoisotopic (exact) mass is 269 g/mol. The van der Waals surface area contributed by atoms with Crippen LogP contribution in [0.3, 0.4) is 0 Å². The number of benzene rings is 2. The standard InChI is InChI=1S/C15H15N3S/c1-10-13(6-7-14-15(10)19-9-18-14)17-8-11-2-4-12(16)5-3-11/h2-7,9,17H,8,16H2,1H3. The molecule has 3 N–H and O–H groups in total. The van der Waals surface area contributed by atoms with Crippen molar-refractivity contribution in [3.8, 4) is 0 Å². The second-order valence-electron chi connectivity index (χ2n) is 4.53. The fourth-order valence-corrected chi connectivity index (χ4v) is 2.89. The summed E-state index contributed by atoms with van der Waals surface area (Å²) in [4.78, 5) is 4.33. The highest BCUT2D eigenvalue weighted by Crippen LogP contribution is 2.28. The Kier molecular flexibility index (Phi) is 3.09. The molecule has 0 fully saturated rings. The van der Waals surface area contributed by atoms with Crippen molar-refractivity contribution < 1.29 is 0 Å². The average molecular weight is 269 g/mol. The Hall–Kier alpha value is -2.07. The van der Waals surface area contributed by atoms with Crippen LogP contribution in [-0.2, 0) is 6.54 Å². The highest BCUT2D eigenvalue weighted by Gasteiger charge is 2.05. The maximum Gasteiger partial charge on any atom is 0.0816 e. The fourth-order valence-electron chi connectivity index (χ4n) is 2.09. The third kappa shape index (κ3) is 2.39. The van der Waals surface area contributed by atoms with E-state index in [9.17, 15) is 0 Å². The number of thiazole rings is 1. The van der Waals surface area contributed by atoms with Crippen molar-refractivity contribution in [3.05, 3.63) is 53.0 Å². The van der Waals surface area contributed by atoms with E-state index < -0.39 is 0 Å². The van der Waals surface area contributed by atoms with Crippen LogP contribution in [0.4, 0.5) is 11.4 Å². The molecule has 3 aromatic rings. The van der Waals surface area contributed by atoms with Crippen LogP contribution in [0.1, 0.15) is 11.1 Å². The lowest BCUT2D eigenvalue weighted by molar-refractivity contribution is 1.14. The number of aryl methyl sites for hydroxylation is 1. The molecule has 0 saturated heterocycles. The molecule has 0 radical (unpaired) electrons. The number of rotatable bonds is 3. The van der Waals surface area contributed by atoms with Gasteiger partial charge in [0.2, 0.25) is 0 Å². The highest BCUT2D eigenvalue weighted by molar-refractivity contribution is 7.17. The molecule has 0 aliphatic rings. The Morgan fingerprint density at radius 2 is 1.95 bits per heavy atom. The molecule has 1 heterocycles. The zero-order chi connectivity index (χ0) is 13.2. The topological polar surface area (TPSA) is 50.9 Å². The molecule has 3 rings (SSSR count). The van der Waals surface area contributed by atoms with Crippen LogP contribution in [0.25, 0.3) is 10.2 Å². The molecular weight excluding hydrogens is 254 g/mol. The van der Waals surface area contributed by atoms with Crippen LogP contribution in [0.15, 0.2) is 41.9 Å². The van der Waals surface area contributed by atoms with E-state index in [1.165, 1.54) is 15.8 Å². The average Bonchev–Trinajstić information content (AvgIpc) is 2.89. The van der Waals surface area contributed by atoms with E-state index in [2.05, 4.69) is 29.4 Å². The Morgan fingerprint density at radius 1 is 1.16 bits per heavy atom. The minimum Gasteiger partial charge on any atom is -0.399 e. The van der Waals surface area contributed by atoms with Gasteiger partial charge in [0.15, 0.2) is 0 Å². The number of hydrogen-bond donors (Lipinski definition) is 2. The second kappa shape index (κ2) is 4.90. The number of nitrogens with zero attached hydrogens (tertiary/aromatic N) is 1. The van der Waals surface area contributed by atoms with Gasteiger partial charge in [-0.2, -0.15) is 0 Å². The quantitative estimate of drug-likeness (QED) is 0.711. The number of nitrogen functional groups attached to an aromatic ring is 1. The second-order valence-corrected chi connectivity index (χ2v) is 5.39. The van der Waals surface area contributed by atoms with Gasteiger partial charge in [0.05, 0.1) is 15.7 Å². The summed E-state index contributed by atoms with van der Waals surface area (Å²) in [6.45, 7) is 2.93. The van der Waals surface area contributed by atoms with Crippen LogP contribution >= 0.6 is 11.3 Å². The molecule has 0 aliphatic heterocycles. The highest BCUT2D eigenvalue weighted by atomic mass is 32.1. The first kappa shape index (κ1) is 12.0. The van der Waals surface area contributed by atoms with Gasteiger partial charge in [0.25, 0.3) is 0 Å². The zero-order valence-electron chi connectivity index (χ0n) is 10.7. The van der Waals surface area contributed by atoms with Crippen molar-refractivity contribution in [2.75, 3.05) is 11.1 Å². The SMILES string of the molecule is Cc1c(NCc2ccc(N)cc2)ccc2ncsc12. The lowest BCUT2D eigenvalue weighted by atomic mass is 10.1. The Balaban J connectivity index is 1.81. The number of aromatic nitrogens is 1. The van der Waals surface area contributed by atoms with E-state index in [1.54, 1.807) is 11.3 Å². The molecule has 0 amide bonds. The third-order valence-corrected chi connectivity index (χ3v) is 4.17. The number of hydrogen-bond acceptors (Lipinski definition) is 4. The van der Waals surface area contributed by atoms with Gasteiger partial charge < -0.3 is 11.1 Å². The van der Waals surface area contributed by atoms with E-state index in [0.29, 0.717) is 0 Å². The summed E-state index contributed by atoms with van der Waals surface area (Å²) in [5.41, 5.74) is 13.1. The van der Waals surface area contributed by atoms with Gasteiger partial charge in [-0.15, -0.1) is 11.3 Å². The molecule has 0 bridgehead atoms. The van der Waals surface area contributed by atoms with E-state index >= 15 is 0 Å².